The molecule has 76 valence electrons. The molecule has 15 heavy (non-hydrogen) atoms. The van der Waals surface area contributed by atoms with E-state index in [1.54, 1.807) is 9.79 Å². The highest BCUT2D eigenvalue weighted by molar-refractivity contribution is 8.16. The molecular weight excluding hydrogens is 200 g/mol. The lowest BCUT2D eigenvalue weighted by Crippen LogP contribution is -2.02. The molecule has 2 aromatic rings. The van der Waals surface area contributed by atoms with Gasteiger partial charge in [-0.1, -0.05) is 36.4 Å². The number of rotatable bonds is 0. The highest BCUT2D eigenvalue weighted by atomic mass is 32.2. The summed E-state index contributed by atoms with van der Waals surface area (Å²) in [5.41, 5.74) is 3.04. The van der Waals surface area contributed by atoms with E-state index in [0.717, 1.165) is 6.42 Å². The Labute approximate surface area is 93.3 Å². The molecule has 1 heterocycles. The molecule has 0 aliphatic carbocycles. The largest absolute Gasteiger partial charge is 0.202 e. The fourth-order valence-corrected chi connectivity index (χ4v) is 4.36. The first-order chi connectivity index (χ1) is 7.36. The molecule has 0 radical (unpaired) electrons. The molecule has 2 aromatic carbocycles. The van der Waals surface area contributed by atoms with Crippen LogP contribution in [0.5, 0.6) is 0 Å². The molecule has 0 fully saturated rings. The van der Waals surface area contributed by atoms with Gasteiger partial charge in [-0.2, -0.15) is 0 Å². The third kappa shape index (κ3) is 1.38. The Morgan fingerprint density at radius 1 is 0.800 bits per heavy atom. The van der Waals surface area contributed by atoms with E-state index in [9.17, 15) is 0 Å². The van der Waals surface area contributed by atoms with E-state index in [1.165, 1.54) is 11.1 Å². The third-order valence-corrected chi connectivity index (χ3v) is 5.40. The predicted octanol–water partition coefficient (Wildman–Crippen LogP) is 3.64. The van der Waals surface area contributed by atoms with Crippen LogP contribution in [0, 0.1) is 0 Å². The summed E-state index contributed by atoms with van der Waals surface area (Å²) in [5, 5.41) is 0. The summed E-state index contributed by atoms with van der Waals surface area (Å²) in [6, 6.07) is 17.7. The highest BCUT2D eigenvalue weighted by Gasteiger charge is 2.18. The molecule has 0 bridgehead atoms. The monoisotopic (exact) mass is 214 g/mol. The molecular formula is C14H14S. The van der Waals surface area contributed by atoms with Crippen LogP contribution in [0.2, 0.25) is 0 Å². The molecule has 3 rings (SSSR count). The van der Waals surface area contributed by atoms with Crippen molar-refractivity contribution in [2.45, 2.75) is 16.2 Å². The fraction of sp³-hybridized carbons (Fsp3) is 0.143. The van der Waals surface area contributed by atoms with Crippen LogP contribution >= 0.6 is 10.9 Å². The maximum absolute atomic E-state index is 2.37. The number of hydrogen-bond donors (Lipinski definition) is 1. The van der Waals surface area contributed by atoms with Gasteiger partial charge >= 0.3 is 0 Å². The molecule has 0 N–H and O–H groups in total. The summed E-state index contributed by atoms with van der Waals surface area (Å²) >= 11 is 0. The van der Waals surface area contributed by atoms with E-state index >= 15 is 0 Å². The predicted molar refractivity (Wildman–Crippen MR) is 67.1 cm³/mol. The molecule has 0 saturated carbocycles. The standard InChI is InChI=1S/C14H14S/c1-15-13-8-4-2-6-11(13)10-12-7-3-5-9-14(12)15/h2-9,15H,10H2,1H3. The second-order valence-corrected chi connectivity index (χ2v) is 6.07. The third-order valence-electron chi connectivity index (χ3n) is 3.09. The van der Waals surface area contributed by atoms with Gasteiger partial charge in [-0.3, -0.25) is 0 Å². The van der Waals surface area contributed by atoms with Crippen molar-refractivity contribution in [1.82, 2.24) is 0 Å². The number of benzene rings is 2. The van der Waals surface area contributed by atoms with Crippen LogP contribution < -0.4 is 0 Å². The van der Waals surface area contributed by atoms with Crippen molar-refractivity contribution in [1.29, 1.82) is 0 Å². The lowest BCUT2D eigenvalue weighted by molar-refractivity contribution is 1.05. The Morgan fingerprint density at radius 2 is 1.27 bits per heavy atom. The zero-order chi connectivity index (χ0) is 10.3. The minimum Gasteiger partial charge on any atom is -0.202 e. The van der Waals surface area contributed by atoms with Crippen molar-refractivity contribution in [2.24, 2.45) is 0 Å². The van der Waals surface area contributed by atoms with Gasteiger partial charge in [0.1, 0.15) is 0 Å². The summed E-state index contributed by atoms with van der Waals surface area (Å²) in [6.45, 7) is 0. The molecule has 0 spiro atoms. The average molecular weight is 214 g/mol. The first kappa shape index (κ1) is 9.05. The van der Waals surface area contributed by atoms with E-state index in [-0.39, 0.29) is 10.9 Å². The molecule has 0 atom stereocenters. The molecule has 1 aliphatic rings. The van der Waals surface area contributed by atoms with Crippen molar-refractivity contribution in [3.8, 4) is 0 Å². The normalized spacial score (nSPS) is 15.7. The number of thiol groups is 1. The van der Waals surface area contributed by atoms with Crippen LogP contribution in [-0.4, -0.2) is 6.26 Å². The van der Waals surface area contributed by atoms with Gasteiger partial charge in [0.15, 0.2) is 0 Å². The van der Waals surface area contributed by atoms with Crippen molar-refractivity contribution < 1.29 is 0 Å². The maximum Gasteiger partial charge on any atom is -0.000463 e. The fourth-order valence-electron chi connectivity index (χ4n) is 2.31. The Hall–Kier alpha value is -1.21. The Balaban J connectivity index is 2.20. The second-order valence-electron chi connectivity index (χ2n) is 3.99. The zero-order valence-corrected chi connectivity index (χ0v) is 9.67. The smallest absolute Gasteiger partial charge is 0.000463 e. The molecule has 0 aromatic heterocycles. The second kappa shape index (κ2) is 3.42. The van der Waals surface area contributed by atoms with E-state index in [4.69, 9.17) is 0 Å². The van der Waals surface area contributed by atoms with E-state index in [2.05, 4.69) is 54.8 Å². The van der Waals surface area contributed by atoms with Crippen LogP contribution in [0.15, 0.2) is 58.3 Å². The minimum atomic E-state index is -0.123. The van der Waals surface area contributed by atoms with Gasteiger partial charge in [-0.25, -0.2) is 10.9 Å². The summed E-state index contributed by atoms with van der Waals surface area (Å²) < 4.78 is 0. The SMILES string of the molecule is C[SH]1c2ccccc2Cc2ccccc21. The molecule has 1 aliphatic heterocycles. The van der Waals surface area contributed by atoms with Crippen LogP contribution in [0.25, 0.3) is 0 Å². The van der Waals surface area contributed by atoms with Gasteiger partial charge in [0.2, 0.25) is 0 Å². The first-order valence-electron chi connectivity index (χ1n) is 5.26. The molecule has 0 nitrogen and oxygen atoms in total. The van der Waals surface area contributed by atoms with Gasteiger partial charge in [-0.15, -0.1) is 0 Å². The Bertz CT molecular complexity index is 457. The van der Waals surface area contributed by atoms with Gasteiger partial charge in [0, 0.05) is 0 Å². The lowest BCUT2D eigenvalue weighted by Gasteiger charge is -2.28. The Morgan fingerprint density at radius 3 is 1.80 bits per heavy atom. The van der Waals surface area contributed by atoms with Gasteiger partial charge in [-0.05, 0) is 45.7 Å². The van der Waals surface area contributed by atoms with Gasteiger partial charge in [0.05, 0.1) is 0 Å². The van der Waals surface area contributed by atoms with Gasteiger partial charge in [0.25, 0.3) is 0 Å². The highest BCUT2D eigenvalue weighted by Crippen LogP contribution is 2.48. The van der Waals surface area contributed by atoms with Crippen molar-refractivity contribution in [3.05, 3.63) is 59.7 Å². The van der Waals surface area contributed by atoms with Crippen LogP contribution in [0.3, 0.4) is 0 Å². The van der Waals surface area contributed by atoms with Crippen LogP contribution in [0.1, 0.15) is 11.1 Å². The van der Waals surface area contributed by atoms with E-state index < -0.39 is 0 Å². The van der Waals surface area contributed by atoms with Crippen LogP contribution in [-0.2, 0) is 6.42 Å². The van der Waals surface area contributed by atoms with Crippen LogP contribution in [0.4, 0.5) is 0 Å². The van der Waals surface area contributed by atoms with E-state index in [1.807, 2.05) is 0 Å². The minimum absolute atomic E-state index is 0.123. The topological polar surface area (TPSA) is 0 Å². The summed E-state index contributed by atoms with van der Waals surface area (Å²) in [4.78, 5) is 3.12. The molecule has 0 amide bonds. The molecule has 0 unspecified atom stereocenters. The van der Waals surface area contributed by atoms with Crippen molar-refractivity contribution in [2.75, 3.05) is 6.26 Å². The average Bonchev–Trinajstić information content (AvgIpc) is 2.30. The molecule has 0 saturated heterocycles. The maximum atomic E-state index is 2.37. The van der Waals surface area contributed by atoms with Gasteiger partial charge < -0.3 is 0 Å². The molecule has 1 heteroatoms. The zero-order valence-electron chi connectivity index (χ0n) is 8.77. The van der Waals surface area contributed by atoms with E-state index in [0.29, 0.717) is 0 Å². The summed E-state index contributed by atoms with van der Waals surface area (Å²) in [7, 11) is -0.123. The van der Waals surface area contributed by atoms with Crippen molar-refractivity contribution in [3.63, 3.8) is 0 Å². The number of fused-ring (bicyclic) bond motifs is 2. The quantitative estimate of drug-likeness (QED) is 0.636. The first-order valence-corrected chi connectivity index (χ1v) is 7.05. The van der Waals surface area contributed by atoms with Crippen molar-refractivity contribution >= 4 is 10.9 Å². The summed E-state index contributed by atoms with van der Waals surface area (Å²) in [5.74, 6) is 0. The number of hydrogen-bond acceptors (Lipinski definition) is 0. The Kier molecular flexibility index (Phi) is 2.06. The summed E-state index contributed by atoms with van der Waals surface area (Å²) in [6.07, 6.45) is 3.48. The lowest BCUT2D eigenvalue weighted by atomic mass is 10.0.